The highest BCUT2D eigenvalue weighted by Crippen LogP contribution is 2.25. The Morgan fingerprint density at radius 1 is 1.29 bits per heavy atom. The number of nitro groups is 1. The normalized spacial score (nSPS) is 10.5. The van der Waals surface area contributed by atoms with Gasteiger partial charge >= 0.3 is 11.7 Å². The number of ether oxygens (including phenoxy) is 1. The van der Waals surface area contributed by atoms with Crippen molar-refractivity contribution < 1.29 is 14.5 Å². The highest BCUT2D eigenvalue weighted by molar-refractivity contribution is 5.90. The van der Waals surface area contributed by atoms with Crippen LogP contribution in [0.5, 0.6) is 0 Å². The second-order valence-corrected chi connectivity index (χ2v) is 6.09. The average molecular weight is 381 g/mol. The summed E-state index contributed by atoms with van der Waals surface area (Å²) in [5, 5.41) is 18.9. The number of pyridine rings is 1. The molecule has 0 bridgehead atoms. The van der Waals surface area contributed by atoms with Crippen LogP contribution in [-0.4, -0.2) is 32.8 Å². The number of rotatable bonds is 6. The van der Waals surface area contributed by atoms with Crippen molar-refractivity contribution in [2.45, 2.75) is 20.4 Å². The van der Waals surface area contributed by atoms with Crippen LogP contribution in [0.25, 0.3) is 5.69 Å². The van der Waals surface area contributed by atoms with Gasteiger partial charge in [0.15, 0.2) is 0 Å². The molecule has 0 unspecified atom stereocenters. The molecule has 1 N–H and O–H groups in total. The van der Waals surface area contributed by atoms with Gasteiger partial charge in [-0.3, -0.25) is 10.1 Å². The molecule has 0 saturated carbocycles. The monoisotopic (exact) mass is 381 g/mol. The van der Waals surface area contributed by atoms with Crippen LogP contribution in [-0.2, 0) is 11.3 Å². The third-order valence-corrected chi connectivity index (χ3v) is 4.36. The van der Waals surface area contributed by atoms with Crippen molar-refractivity contribution in [2.24, 2.45) is 0 Å². The van der Waals surface area contributed by atoms with Crippen molar-refractivity contribution in [1.29, 1.82) is 0 Å². The third kappa shape index (κ3) is 3.68. The number of para-hydroxylation sites is 1. The summed E-state index contributed by atoms with van der Waals surface area (Å²) in [6, 6.07) is 10.8. The van der Waals surface area contributed by atoms with Gasteiger partial charge in [0.05, 0.1) is 29.0 Å². The molecule has 1 aromatic carbocycles. The molecule has 2 aromatic heterocycles. The first-order valence-corrected chi connectivity index (χ1v) is 8.49. The van der Waals surface area contributed by atoms with E-state index in [4.69, 9.17) is 0 Å². The number of aryl methyl sites for hydroxylation is 1. The quantitative estimate of drug-likeness (QED) is 0.396. The number of nitrogens with one attached hydrogen (secondary N) is 1. The van der Waals surface area contributed by atoms with Crippen LogP contribution in [0.1, 0.15) is 27.3 Å². The molecule has 144 valence electrons. The van der Waals surface area contributed by atoms with Gasteiger partial charge in [0, 0.05) is 30.1 Å². The minimum Gasteiger partial charge on any atom is -0.465 e. The van der Waals surface area contributed by atoms with Crippen LogP contribution >= 0.6 is 0 Å². The first-order chi connectivity index (χ1) is 13.4. The number of anilines is 1. The Labute approximate surface area is 161 Å². The fraction of sp³-hybridized carbons (Fsp3) is 0.211. The van der Waals surface area contributed by atoms with Gasteiger partial charge in [0.2, 0.25) is 5.82 Å². The molecule has 9 nitrogen and oxygen atoms in total. The van der Waals surface area contributed by atoms with E-state index in [1.165, 1.54) is 13.3 Å². The molecule has 0 radical (unpaired) electrons. The van der Waals surface area contributed by atoms with Crippen molar-refractivity contribution in [1.82, 2.24) is 14.8 Å². The molecular weight excluding hydrogens is 362 g/mol. The molecule has 0 amide bonds. The van der Waals surface area contributed by atoms with Crippen LogP contribution in [0.2, 0.25) is 0 Å². The van der Waals surface area contributed by atoms with Crippen LogP contribution in [0.3, 0.4) is 0 Å². The van der Waals surface area contributed by atoms with Crippen LogP contribution < -0.4 is 5.32 Å². The van der Waals surface area contributed by atoms with Gasteiger partial charge in [-0.15, -0.1) is 0 Å². The van der Waals surface area contributed by atoms with Crippen molar-refractivity contribution in [3.05, 3.63) is 75.2 Å². The number of hydrogen-bond acceptors (Lipinski definition) is 7. The average Bonchev–Trinajstić information content (AvgIpc) is 2.99. The standard InChI is InChI=1S/C19H19N5O4/c1-12-16(13(2)23(22-12)15-7-5-4-6-8-15)11-21-18-17(24(26)27)9-14(10-20-18)19(25)28-3/h4-10H,11H2,1-3H3,(H,20,21). The minimum absolute atomic E-state index is 0.0176. The Balaban J connectivity index is 1.88. The van der Waals surface area contributed by atoms with Crippen molar-refractivity contribution in [3.63, 3.8) is 0 Å². The molecule has 0 aliphatic rings. The molecule has 0 saturated heterocycles. The second-order valence-electron chi connectivity index (χ2n) is 6.09. The zero-order valence-corrected chi connectivity index (χ0v) is 15.7. The van der Waals surface area contributed by atoms with E-state index < -0.39 is 10.9 Å². The van der Waals surface area contributed by atoms with Crippen LogP contribution in [0.15, 0.2) is 42.6 Å². The maximum atomic E-state index is 11.6. The lowest BCUT2D eigenvalue weighted by Gasteiger charge is -2.08. The number of methoxy groups -OCH3 is 1. The summed E-state index contributed by atoms with van der Waals surface area (Å²) in [5.74, 6) is -0.609. The lowest BCUT2D eigenvalue weighted by Crippen LogP contribution is -2.09. The van der Waals surface area contributed by atoms with Gasteiger partial charge in [0.1, 0.15) is 0 Å². The van der Waals surface area contributed by atoms with Gasteiger partial charge in [-0.2, -0.15) is 5.10 Å². The zero-order chi connectivity index (χ0) is 20.3. The summed E-state index contributed by atoms with van der Waals surface area (Å²) in [6.07, 6.45) is 1.24. The van der Waals surface area contributed by atoms with E-state index >= 15 is 0 Å². The summed E-state index contributed by atoms with van der Waals surface area (Å²) in [4.78, 5) is 26.4. The molecule has 28 heavy (non-hydrogen) atoms. The fourth-order valence-electron chi connectivity index (χ4n) is 2.88. The third-order valence-electron chi connectivity index (χ3n) is 4.36. The summed E-state index contributed by atoms with van der Waals surface area (Å²) >= 11 is 0. The Hall–Kier alpha value is -3.75. The Morgan fingerprint density at radius 2 is 2.00 bits per heavy atom. The van der Waals surface area contributed by atoms with Gasteiger partial charge in [-0.25, -0.2) is 14.5 Å². The molecular formula is C19H19N5O4. The summed E-state index contributed by atoms with van der Waals surface area (Å²) < 4.78 is 6.41. The van der Waals surface area contributed by atoms with Crippen LogP contribution in [0, 0.1) is 24.0 Å². The number of hydrogen-bond donors (Lipinski definition) is 1. The minimum atomic E-state index is -0.682. The molecule has 0 spiro atoms. The van der Waals surface area contributed by atoms with Gasteiger partial charge < -0.3 is 10.1 Å². The van der Waals surface area contributed by atoms with E-state index in [-0.39, 0.29) is 17.1 Å². The Kier molecular flexibility index (Phi) is 5.35. The lowest BCUT2D eigenvalue weighted by atomic mass is 10.2. The molecule has 0 fully saturated rings. The van der Waals surface area contributed by atoms with Gasteiger partial charge in [-0.1, -0.05) is 18.2 Å². The van der Waals surface area contributed by atoms with Crippen molar-refractivity contribution in [2.75, 3.05) is 12.4 Å². The highest BCUT2D eigenvalue weighted by atomic mass is 16.6. The van der Waals surface area contributed by atoms with Crippen molar-refractivity contribution in [3.8, 4) is 5.69 Å². The summed E-state index contributed by atoms with van der Waals surface area (Å²) in [7, 11) is 1.20. The SMILES string of the molecule is COC(=O)c1cnc(NCc2c(C)nn(-c3ccccc3)c2C)c([N+](=O)[O-])c1. The lowest BCUT2D eigenvalue weighted by molar-refractivity contribution is -0.384. The fourth-order valence-corrected chi connectivity index (χ4v) is 2.88. The second kappa shape index (κ2) is 7.87. The van der Waals surface area contributed by atoms with Gasteiger partial charge in [0.25, 0.3) is 0 Å². The number of aromatic nitrogens is 3. The van der Waals surface area contributed by atoms with Crippen LogP contribution in [0.4, 0.5) is 11.5 Å². The highest BCUT2D eigenvalue weighted by Gasteiger charge is 2.20. The predicted molar refractivity (Wildman–Crippen MR) is 103 cm³/mol. The molecule has 0 aliphatic carbocycles. The molecule has 0 aliphatic heterocycles. The maximum absolute atomic E-state index is 11.6. The van der Waals surface area contributed by atoms with E-state index in [0.717, 1.165) is 28.7 Å². The zero-order valence-electron chi connectivity index (χ0n) is 15.7. The maximum Gasteiger partial charge on any atom is 0.339 e. The van der Waals surface area contributed by atoms with Gasteiger partial charge in [-0.05, 0) is 26.0 Å². The molecule has 3 rings (SSSR count). The predicted octanol–water partition coefficient (Wildman–Crippen LogP) is 3.19. The first-order valence-electron chi connectivity index (χ1n) is 8.49. The van der Waals surface area contributed by atoms with E-state index in [9.17, 15) is 14.9 Å². The Morgan fingerprint density at radius 3 is 2.64 bits per heavy atom. The number of nitrogens with zero attached hydrogens (tertiary/aromatic N) is 4. The number of carbonyl (C=O) groups excluding carboxylic acids is 1. The molecule has 3 aromatic rings. The number of carbonyl (C=O) groups is 1. The molecule has 0 atom stereocenters. The van der Waals surface area contributed by atoms with Crippen molar-refractivity contribution >= 4 is 17.5 Å². The smallest absolute Gasteiger partial charge is 0.339 e. The topological polar surface area (TPSA) is 112 Å². The summed E-state index contributed by atoms with van der Waals surface area (Å²) in [6.45, 7) is 4.12. The number of esters is 1. The number of benzene rings is 1. The van der Waals surface area contributed by atoms with E-state index in [2.05, 4.69) is 20.1 Å². The van der Waals surface area contributed by atoms with E-state index in [1.807, 2.05) is 48.9 Å². The molecule has 2 heterocycles. The Bertz CT molecular complexity index is 1030. The first kappa shape index (κ1) is 19.0. The largest absolute Gasteiger partial charge is 0.465 e. The van der Waals surface area contributed by atoms with E-state index in [1.54, 1.807) is 0 Å². The molecule has 9 heteroatoms. The van der Waals surface area contributed by atoms with E-state index in [0.29, 0.717) is 6.54 Å². The summed E-state index contributed by atoms with van der Waals surface area (Å²) in [5.41, 5.74) is 3.29.